The Bertz CT molecular complexity index is 692. The lowest BCUT2D eigenvalue weighted by atomic mass is 10.1. The van der Waals surface area contributed by atoms with Crippen molar-refractivity contribution in [2.45, 2.75) is 6.42 Å². The number of hydrogen-bond acceptors (Lipinski definition) is 5. The molecule has 1 amide bonds. The molecule has 0 bridgehead atoms. The van der Waals surface area contributed by atoms with Crippen LogP contribution in [0, 0.1) is 17.4 Å². The van der Waals surface area contributed by atoms with Gasteiger partial charge in [0.15, 0.2) is 11.2 Å². The van der Waals surface area contributed by atoms with Crippen LogP contribution in [0.4, 0.5) is 0 Å². The number of nitrogens with one attached hydrogen (secondary N) is 1. The number of aromatic nitrogens is 1. The smallest absolute Gasteiger partial charge is 0.280 e. The molecule has 1 aliphatic heterocycles. The fourth-order valence-corrected chi connectivity index (χ4v) is 3.26. The third kappa shape index (κ3) is 3.26. The number of likely N-dealkylation sites (tertiary alicyclic amines) is 1. The average Bonchev–Trinajstić information content (AvgIpc) is 3.22. The fourth-order valence-electron chi connectivity index (χ4n) is 2.52. The topological polar surface area (TPSA) is 69.0 Å². The van der Waals surface area contributed by atoms with Crippen molar-refractivity contribution in [2.24, 2.45) is 5.92 Å². The first-order valence-electron chi connectivity index (χ1n) is 7.20. The van der Waals surface area contributed by atoms with E-state index < -0.39 is 0 Å². The molecular weight excluding hydrogens is 296 g/mol. The first-order chi connectivity index (χ1) is 10.8. The van der Waals surface area contributed by atoms with Crippen LogP contribution in [0.1, 0.15) is 16.2 Å². The summed E-state index contributed by atoms with van der Waals surface area (Å²) in [5, 5.41) is 14.1. The minimum Gasteiger partial charge on any atom is -0.350 e. The van der Waals surface area contributed by atoms with Gasteiger partial charge in [-0.25, -0.2) is 4.98 Å². The Hall–Kier alpha value is -2.39. The largest absolute Gasteiger partial charge is 0.350 e. The summed E-state index contributed by atoms with van der Waals surface area (Å²) in [4.78, 5) is 18.3. The van der Waals surface area contributed by atoms with Gasteiger partial charge in [-0.05, 0) is 12.3 Å². The lowest BCUT2D eigenvalue weighted by molar-refractivity contribution is 0.0947. The molecule has 1 aromatic carbocycles. The molecule has 0 spiro atoms. The van der Waals surface area contributed by atoms with E-state index in [1.54, 1.807) is 4.90 Å². The van der Waals surface area contributed by atoms with Crippen LogP contribution in [0.3, 0.4) is 0 Å². The molecule has 3 rings (SSSR count). The number of nitrogens with zero attached hydrogens (tertiary/aromatic N) is 3. The predicted octanol–water partition coefficient (Wildman–Crippen LogP) is 2.34. The summed E-state index contributed by atoms with van der Waals surface area (Å²) >= 11 is 1.35. The normalized spacial score (nSPS) is 17.2. The van der Waals surface area contributed by atoms with Crippen LogP contribution < -0.4 is 5.32 Å². The molecule has 112 valence electrons. The van der Waals surface area contributed by atoms with Crippen LogP contribution in [0.5, 0.6) is 0 Å². The van der Waals surface area contributed by atoms with Gasteiger partial charge in [0.25, 0.3) is 5.91 Å². The minimum absolute atomic E-state index is 0.136. The van der Waals surface area contributed by atoms with Gasteiger partial charge in [-0.3, -0.25) is 4.79 Å². The van der Waals surface area contributed by atoms with Crippen molar-refractivity contribution in [1.82, 2.24) is 15.2 Å². The van der Waals surface area contributed by atoms with E-state index in [9.17, 15) is 4.79 Å². The quantitative estimate of drug-likeness (QED) is 0.880. The Balaban J connectivity index is 1.57. The van der Waals surface area contributed by atoms with Gasteiger partial charge in [0.05, 0.1) is 5.69 Å². The molecule has 0 unspecified atom stereocenters. The lowest BCUT2D eigenvalue weighted by Crippen LogP contribution is -2.30. The zero-order chi connectivity index (χ0) is 15.4. The number of thiazole rings is 1. The number of benzene rings is 1. The maximum absolute atomic E-state index is 12.2. The highest BCUT2D eigenvalue weighted by molar-refractivity contribution is 7.12. The van der Waals surface area contributed by atoms with Crippen LogP contribution in [-0.2, 0) is 0 Å². The standard InChI is InChI=1S/C16H16N4OS/c17-11-20-7-6-12(9-20)8-18-15(21)16-19-14(10-22-16)13-4-2-1-3-5-13/h1-5,10,12H,6-9H2,(H,18,21)/t12-/m1/s1. The number of nitriles is 1. The zero-order valence-electron chi connectivity index (χ0n) is 12.0. The number of amides is 1. The number of rotatable bonds is 4. The van der Waals surface area contributed by atoms with Crippen molar-refractivity contribution in [1.29, 1.82) is 5.26 Å². The maximum atomic E-state index is 12.2. The molecule has 2 heterocycles. The van der Waals surface area contributed by atoms with Crippen molar-refractivity contribution < 1.29 is 4.79 Å². The molecular formula is C16H16N4OS. The summed E-state index contributed by atoms with van der Waals surface area (Å²) in [6, 6.07) is 9.82. The van der Waals surface area contributed by atoms with Gasteiger partial charge in [0, 0.05) is 30.6 Å². The van der Waals surface area contributed by atoms with Gasteiger partial charge in [0.2, 0.25) is 0 Å². The monoisotopic (exact) mass is 312 g/mol. The van der Waals surface area contributed by atoms with E-state index in [-0.39, 0.29) is 5.91 Å². The van der Waals surface area contributed by atoms with Crippen molar-refractivity contribution in [3.63, 3.8) is 0 Å². The fraction of sp³-hybridized carbons (Fsp3) is 0.312. The van der Waals surface area contributed by atoms with Crippen molar-refractivity contribution >= 4 is 17.2 Å². The first-order valence-corrected chi connectivity index (χ1v) is 8.08. The minimum atomic E-state index is -0.136. The second-order valence-corrected chi connectivity index (χ2v) is 6.17. The summed E-state index contributed by atoms with van der Waals surface area (Å²) in [7, 11) is 0. The average molecular weight is 312 g/mol. The Morgan fingerprint density at radius 2 is 2.27 bits per heavy atom. The molecule has 5 nitrogen and oxygen atoms in total. The molecule has 1 aromatic heterocycles. The highest BCUT2D eigenvalue weighted by Gasteiger charge is 2.22. The van der Waals surface area contributed by atoms with Crippen LogP contribution in [0.15, 0.2) is 35.7 Å². The molecule has 2 aromatic rings. The Morgan fingerprint density at radius 1 is 1.45 bits per heavy atom. The molecule has 0 radical (unpaired) electrons. The van der Waals surface area contributed by atoms with E-state index in [2.05, 4.69) is 16.5 Å². The highest BCUT2D eigenvalue weighted by Crippen LogP contribution is 2.21. The Kier molecular flexibility index (Phi) is 4.35. The van der Waals surface area contributed by atoms with Crippen LogP contribution in [0.25, 0.3) is 11.3 Å². The van der Waals surface area contributed by atoms with E-state index in [1.165, 1.54) is 11.3 Å². The van der Waals surface area contributed by atoms with Crippen LogP contribution in [-0.4, -0.2) is 35.4 Å². The summed E-state index contributed by atoms with van der Waals surface area (Å²) < 4.78 is 0. The summed E-state index contributed by atoms with van der Waals surface area (Å²) in [5.74, 6) is 0.208. The van der Waals surface area contributed by atoms with Crippen LogP contribution in [0.2, 0.25) is 0 Å². The van der Waals surface area contributed by atoms with Crippen LogP contribution >= 0.6 is 11.3 Å². The molecule has 1 saturated heterocycles. The maximum Gasteiger partial charge on any atom is 0.280 e. The predicted molar refractivity (Wildman–Crippen MR) is 85.2 cm³/mol. The molecule has 1 fully saturated rings. The van der Waals surface area contributed by atoms with Gasteiger partial charge in [-0.15, -0.1) is 11.3 Å². The first kappa shape index (κ1) is 14.5. The van der Waals surface area contributed by atoms with Gasteiger partial charge in [0.1, 0.15) is 0 Å². The van der Waals surface area contributed by atoms with Crippen molar-refractivity contribution in [3.05, 3.63) is 40.7 Å². The lowest BCUT2D eigenvalue weighted by Gasteiger charge is -2.10. The number of carbonyl (C=O) groups excluding carboxylic acids is 1. The molecule has 1 N–H and O–H groups in total. The second-order valence-electron chi connectivity index (χ2n) is 5.31. The van der Waals surface area contributed by atoms with E-state index in [1.807, 2.05) is 35.7 Å². The molecule has 0 aliphatic carbocycles. The van der Waals surface area contributed by atoms with E-state index >= 15 is 0 Å². The SMILES string of the molecule is N#CN1CC[C@H](CNC(=O)c2nc(-c3ccccc3)cs2)C1. The van der Waals surface area contributed by atoms with Gasteiger partial charge < -0.3 is 10.2 Å². The third-order valence-electron chi connectivity index (χ3n) is 3.75. The molecule has 22 heavy (non-hydrogen) atoms. The van der Waals surface area contributed by atoms with Crippen molar-refractivity contribution in [2.75, 3.05) is 19.6 Å². The highest BCUT2D eigenvalue weighted by atomic mass is 32.1. The summed E-state index contributed by atoms with van der Waals surface area (Å²) in [6.45, 7) is 2.10. The summed E-state index contributed by atoms with van der Waals surface area (Å²) in [6.07, 6.45) is 3.09. The molecule has 1 atom stereocenters. The third-order valence-corrected chi connectivity index (χ3v) is 4.59. The molecule has 1 aliphatic rings. The Labute approximate surface area is 133 Å². The Morgan fingerprint density at radius 3 is 3.00 bits per heavy atom. The van der Waals surface area contributed by atoms with E-state index in [4.69, 9.17) is 5.26 Å². The molecule has 6 heteroatoms. The second kappa shape index (κ2) is 6.58. The van der Waals surface area contributed by atoms with E-state index in [0.29, 0.717) is 17.5 Å². The number of hydrogen-bond donors (Lipinski definition) is 1. The zero-order valence-corrected chi connectivity index (χ0v) is 12.8. The molecule has 0 saturated carbocycles. The van der Waals surface area contributed by atoms with Crippen molar-refractivity contribution in [3.8, 4) is 17.5 Å². The van der Waals surface area contributed by atoms with Gasteiger partial charge in [-0.2, -0.15) is 5.26 Å². The van der Waals surface area contributed by atoms with E-state index in [0.717, 1.165) is 30.8 Å². The van der Waals surface area contributed by atoms with Gasteiger partial charge in [-0.1, -0.05) is 30.3 Å². The van der Waals surface area contributed by atoms with Gasteiger partial charge >= 0.3 is 0 Å². The number of carbonyl (C=O) groups is 1. The summed E-state index contributed by atoms with van der Waals surface area (Å²) in [5.41, 5.74) is 1.84.